The first kappa shape index (κ1) is 32.1. The van der Waals surface area contributed by atoms with Gasteiger partial charge < -0.3 is 39.6 Å². The number of amides is 3. The largest absolute Gasteiger partial charge is 0.497 e. The van der Waals surface area contributed by atoms with E-state index in [4.69, 9.17) is 9.47 Å². The topological polar surface area (TPSA) is 149 Å². The van der Waals surface area contributed by atoms with Crippen molar-refractivity contribution < 1.29 is 38.9 Å². The van der Waals surface area contributed by atoms with Crippen molar-refractivity contribution in [2.75, 3.05) is 30.5 Å². The van der Waals surface area contributed by atoms with Crippen LogP contribution in [-0.4, -0.2) is 84.5 Å². The number of methoxy groups -OCH3 is 1. The monoisotopic (exact) mass is 625 g/mol. The summed E-state index contributed by atoms with van der Waals surface area (Å²) >= 11 is 0. The van der Waals surface area contributed by atoms with E-state index < -0.39 is 43.5 Å². The minimum atomic E-state index is -2.98. The molecule has 2 aromatic carbocycles. The Morgan fingerprint density at radius 2 is 1.98 bits per heavy atom. The maximum absolute atomic E-state index is 14.7. The second-order valence-corrected chi connectivity index (χ2v) is 16.7. The highest BCUT2D eigenvalue weighted by molar-refractivity contribution is 6.71. The molecule has 0 bridgehead atoms. The van der Waals surface area contributed by atoms with Crippen LogP contribution in [0.4, 0.5) is 11.4 Å². The smallest absolute Gasteiger partial charge is 0.264 e. The molecule has 12 heteroatoms. The Labute approximate surface area is 258 Å². The van der Waals surface area contributed by atoms with Crippen LogP contribution in [0, 0.1) is 5.92 Å². The fourth-order valence-electron chi connectivity index (χ4n) is 7.36. The van der Waals surface area contributed by atoms with Crippen molar-refractivity contribution in [2.45, 2.75) is 82.1 Å². The van der Waals surface area contributed by atoms with Crippen molar-refractivity contribution in [3.63, 3.8) is 0 Å². The summed E-state index contributed by atoms with van der Waals surface area (Å²) in [4.78, 5) is 55.2. The first-order valence-corrected chi connectivity index (χ1v) is 18.2. The lowest BCUT2D eigenvalue weighted by molar-refractivity contribution is -0.150. The number of hydrogen-bond acceptors (Lipinski definition) is 8. The summed E-state index contributed by atoms with van der Waals surface area (Å²) in [6.07, 6.45) is -0.319. The second kappa shape index (κ2) is 12.2. The summed E-state index contributed by atoms with van der Waals surface area (Å²) in [6.45, 7) is 7.57. The van der Waals surface area contributed by atoms with E-state index in [0.29, 0.717) is 29.2 Å². The van der Waals surface area contributed by atoms with Gasteiger partial charge in [0.15, 0.2) is 13.9 Å². The van der Waals surface area contributed by atoms with Gasteiger partial charge in [0.2, 0.25) is 5.91 Å². The van der Waals surface area contributed by atoms with Crippen LogP contribution >= 0.6 is 0 Å². The number of hydrogen-bond donors (Lipinski definition) is 4. The second-order valence-electron chi connectivity index (χ2n) is 12.8. The molecule has 3 aliphatic heterocycles. The SMILES string of the molecule is COc1ccc2c(c1)[C@@]1(O[C@H](CC(=O)N3CCC[C@H]3CO)[C@@H]([Si](C)(C)O)[C@@H]1C)C(=O)N2Cc1cccc(NC(=O)[C@H](C)O)c1. The summed E-state index contributed by atoms with van der Waals surface area (Å²) < 4.78 is 12.3. The summed E-state index contributed by atoms with van der Waals surface area (Å²) in [5, 5.41) is 22.1. The molecular weight excluding hydrogens is 582 g/mol. The molecule has 2 aromatic rings. The van der Waals surface area contributed by atoms with Gasteiger partial charge in [-0.25, -0.2) is 0 Å². The quantitative estimate of drug-likeness (QED) is 0.311. The van der Waals surface area contributed by atoms with Gasteiger partial charge in [-0.15, -0.1) is 0 Å². The van der Waals surface area contributed by atoms with Gasteiger partial charge in [-0.2, -0.15) is 0 Å². The van der Waals surface area contributed by atoms with Crippen molar-refractivity contribution in [2.24, 2.45) is 5.92 Å². The predicted octanol–water partition coefficient (Wildman–Crippen LogP) is 2.73. The van der Waals surface area contributed by atoms with Crippen molar-refractivity contribution in [3.8, 4) is 5.75 Å². The zero-order valence-corrected chi connectivity index (χ0v) is 26.9. The number of benzene rings is 2. The van der Waals surface area contributed by atoms with Gasteiger partial charge in [-0.05, 0) is 68.8 Å². The number of carbonyl (C=O) groups excluding carboxylic acids is 3. The van der Waals surface area contributed by atoms with Crippen LogP contribution in [0.25, 0.3) is 0 Å². The maximum atomic E-state index is 14.7. The zero-order valence-electron chi connectivity index (χ0n) is 25.9. The van der Waals surface area contributed by atoms with Crippen LogP contribution in [0.5, 0.6) is 5.75 Å². The molecule has 4 N–H and O–H groups in total. The number of anilines is 2. The fraction of sp³-hybridized carbons (Fsp3) is 0.531. The molecular formula is C32H43N3O8Si. The van der Waals surface area contributed by atoms with E-state index in [1.54, 1.807) is 47.2 Å². The maximum Gasteiger partial charge on any atom is 0.264 e. The molecule has 44 heavy (non-hydrogen) atoms. The number of rotatable bonds is 9. The van der Waals surface area contributed by atoms with Gasteiger partial charge in [0.05, 0.1) is 44.5 Å². The molecule has 0 unspecified atom stereocenters. The lowest BCUT2D eigenvalue weighted by Gasteiger charge is -2.33. The third kappa shape index (κ3) is 5.65. The van der Waals surface area contributed by atoms with E-state index in [9.17, 15) is 29.4 Å². The molecule has 1 spiro atoms. The van der Waals surface area contributed by atoms with Crippen LogP contribution in [0.15, 0.2) is 42.5 Å². The molecule has 3 aliphatic rings. The number of nitrogens with zero attached hydrogens (tertiary/aromatic N) is 2. The Balaban J connectivity index is 1.52. The molecule has 3 amide bonds. The van der Waals surface area contributed by atoms with Gasteiger partial charge in [0, 0.05) is 29.3 Å². The van der Waals surface area contributed by atoms with E-state index in [1.165, 1.54) is 6.92 Å². The van der Waals surface area contributed by atoms with E-state index in [1.807, 2.05) is 32.2 Å². The van der Waals surface area contributed by atoms with Crippen LogP contribution in [0.2, 0.25) is 18.6 Å². The third-order valence-electron chi connectivity index (χ3n) is 9.39. The Bertz CT molecular complexity index is 1430. The minimum Gasteiger partial charge on any atom is -0.497 e. The Kier molecular flexibility index (Phi) is 8.93. The summed E-state index contributed by atoms with van der Waals surface area (Å²) in [7, 11) is -1.43. The highest BCUT2D eigenvalue weighted by Crippen LogP contribution is 2.60. The summed E-state index contributed by atoms with van der Waals surface area (Å²) in [6, 6.07) is 12.2. The van der Waals surface area contributed by atoms with E-state index >= 15 is 0 Å². The van der Waals surface area contributed by atoms with Crippen LogP contribution in [0.3, 0.4) is 0 Å². The molecule has 0 saturated carbocycles. The predicted molar refractivity (Wildman–Crippen MR) is 167 cm³/mol. The number of likely N-dealkylation sites (tertiary alicyclic amines) is 1. The van der Waals surface area contributed by atoms with Gasteiger partial charge in [0.1, 0.15) is 11.9 Å². The average molecular weight is 626 g/mol. The van der Waals surface area contributed by atoms with E-state index in [-0.39, 0.29) is 37.4 Å². The van der Waals surface area contributed by atoms with Gasteiger partial charge in [0.25, 0.3) is 11.8 Å². The number of nitrogens with one attached hydrogen (secondary N) is 1. The van der Waals surface area contributed by atoms with Crippen LogP contribution < -0.4 is 15.0 Å². The third-order valence-corrected chi connectivity index (χ3v) is 11.9. The van der Waals surface area contributed by atoms with Crippen molar-refractivity contribution >= 4 is 37.4 Å². The van der Waals surface area contributed by atoms with Gasteiger partial charge in [-0.3, -0.25) is 14.4 Å². The Morgan fingerprint density at radius 3 is 2.64 bits per heavy atom. The lowest BCUT2D eigenvalue weighted by Crippen LogP contribution is -2.46. The first-order chi connectivity index (χ1) is 20.8. The summed E-state index contributed by atoms with van der Waals surface area (Å²) in [5.41, 5.74) is 0.625. The number of fused-ring (bicyclic) bond motifs is 2. The van der Waals surface area contributed by atoms with Crippen LogP contribution in [-0.2, 0) is 31.3 Å². The molecule has 0 aromatic heterocycles. The first-order valence-electron chi connectivity index (χ1n) is 15.2. The standard InChI is InChI=1S/C32H43N3O8Si/c1-19-29(44(4,5)41)27(16-28(38)34-13-7-10-23(34)18-36)43-32(19)25-15-24(42-3)11-12-26(25)35(31(32)40)17-21-8-6-9-22(14-21)33-30(39)20(2)37/h6,8-9,11-12,14-15,19-20,23,27,29,36-37,41H,7,10,13,16-18H2,1-5H3,(H,33,39)/t19-,20-,23-,27+,29-,32+/m0/s1. The van der Waals surface area contributed by atoms with Gasteiger partial charge in [-0.1, -0.05) is 19.1 Å². The Morgan fingerprint density at radius 1 is 1.23 bits per heavy atom. The molecule has 11 nitrogen and oxygen atoms in total. The molecule has 5 rings (SSSR count). The average Bonchev–Trinajstić information content (AvgIpc) is 3.63. The fourth-order valence-corrected chi connectivity index (χ4v) is 9.91. The number of carbonyl (C=O) groups is 3. The molecule has 2 fully saturated rings. The zero-order chi connectivity index (χ0) is 32.0. The number of aliphatic hydroxyl groups is 2. The molecule has 0 radical (unpaired) electrons. The minimum absolute atomic E-state index is 0.00184. The van der Waals surface area contributed by atoms with Crippen molar-refractivity contribution in [3.05, 3.63) is 53.6 Å². The molecule has 0 aliphatic carbocycles. The van der Waals surface area contributed by atoms with Crippen molar-refractivity contribution in [1.82, 2.24) is 4.90 Å². The lowest BCUT2D eigenvalue weighted by atomic mass is 9.82. The van der Waals surface area contributed by atoms with E-state index in [2.05, 4.69) is 5.32 Å². The van der Waals surface area contributed by atoms with Crippen molar-refractivity contribution in [1.29, 1.82) is 0 Å². The highest BCUT2D eigenvalue weighted by Gasteiger charge is 2.66. The molecule has 2 saturated heterocycles. The Hall–Kier alpha value is -3.29. The molecule has 238 valence electrons. The van der Waals surface area contributed by atoms with Gasteiger partial charge >= 0.3 is 0 Å². The van der Waals surface area contributed by atoms with E-state index in [0.717, 1.165) is 18.4 Å². The molecule has 3 heterocycles. The molecule has 6 atom stereocenters. The normalized spacial score (nSPS) is 27.1. The highest BCUT2D eigenvalue weighted by atomic mass is 28.4. The number of aliphatic hydroxyl groups excluding tert-OH is 2. The summed E-state index contributed by atoms with van der Waals surface area (Å²) in [5.74, 6) is -0.886. The number of ether oxygens (including phenoxy) is 2. The van der Waals surface area contributed by atoms with Crippen LogP contribution in [0.1, 0.15) is 44.2 Å².